The summed E-state index contributed by atoms with van der Waals surface area (Å²) >= 11 is 0. The van der Waals surface area contributed by atoms with E-state index in [1.165, 1.54) is 6.92 Å². The summed E-state index contributed by atoms with van der Waals surface area (Å²) in [6.07, 6.45) is 2.48. The van der Waals surface area contributed by atoms with Gasteiger partial charge in [-0.15, -0.1) is 0 Å². The molecule has 0 saturated heterocycles. The molecule has 33 heavy (non-hydrogen) atoms. The average Bonchev–Trinajstić information content (AvgIpc) is 2.84. The van der Waals surface area contributed by atoms with E-state index in [4.69, 9.17) is 8.22 Å². The molecule has 4 aromatic rings. The summed E-state index contributed by atoms with van der Waals surface area (Å²) in [4.78, 5) is 0. The van der Waals surface area contributed by atoms with Crippen LogP contribution in [-0.4, -0.2) is 0 Å². The zero-order valence-electron chi connectivity index (χ0n) is 26.5. The molecule has 0 bridgehead atoms. The van der Waals surface area contributed by atoms with Gasteiger partial charge in [0.25, 0.3) is 0 Å². The normalized spacial score (nSPS) is 15.9. The summed E-state index contributed by atoms with van der Waals surface area (Å²) in [5.41, 5.74) is 7.22. The van der Waals surface area contributed by atoms with Gasteiger partial charge in [-0.3, -0.25) is 0 Å². The molecule has 0 fully saturated rings. The molecule has 2 aromatic carbocycles. The molecule has 1 unspecified atom stereocenters. The van der Waals surface area contributed by atoms with Crippen molar-refractivity contribution in [1.29, 1.82) is 0 Å². The third-order valence-corrected chi connectivity index (χ3v) is 5.83. The van der Waals surface area contributed by atoms with Crippen molar-refractivity contribution in [3.05, 3.63) is 107 Å². The molecule has 2 aromatic heterocycles. The van der Waals surface area contributed by atoms with Crippen LogP contribution in [0.3, 0.4) is 0 Å². The van der Waals surface area contributed by atoms with Crippen LogP contribution in [0.4, 0.5) is 0 Å². The monoisotopic (exact) mass is 444 g/mol. The molecule has 0 aliphatic rings. The molecule has 170 valence electrons. The van der Waals surface area contributed by atoms with Crippen molar-refractivity contribution in [1.82, 2.24) is 0 Å². The first kappa shape index (κ1) is 17.2. The highest BCUT2D eigenvalue weighted by Gasteiger charge is 2.19. The number of aromatic nitrogens is 2. The van der Waals surface area contributed by atoms with Crippen LogP contribution in [0.15, 0.2) is 85.2 Å². The van der Waals surface area contributed by atoms with E-state index in [1.807, 2.05) is 97.1 Å². The second kappa shape index (κ2) is 11.0. The van der Waals surface area contributed by atoms with Crippen molar-refractivity contribution in [2.24, 2.45) is 14.1 Å². The van der Waals surface area contributed by atoms with Crippen molar-refractivity contribution >= 4 is 0 Å². The Morgan fingerprint density at radius 2 is 1.30 bits per heavy atom. The van der Waals surface area contributed by atoms with Crippen molar-refractivity contribution in [2.45, 2.75) is 46.8 Å². The van der Waals surface area contributed by atoms with Crippen LogP contribution in [0.1, 0.15) is 57.1 Å². The second-order valence-electron chi connectivity index (χ2n) is 8.27. The van der Waals surface area contributed by atoms with E-state index >= 15 is 0 Å². The summed E-state index contributed by atoms with van der Waals surface area (Å²) in [6.45, 7) is 4.71. The van der Waals surface area contributed by atoms with Crippen LogP contribution in [0.2, 0.25) is 0 Å². The van der Waals surface area contributed by atoms with Gasteiger partial charge in [0.05, 0.1) is 0 Å². The van der Waals surface area contributed by atoms with Gasteiger partial charge >= 0.3 is 0 Å². The molecule has 0 aliphatic heterocycles. The number of nitrogens with zero attached hydrogens (tertiary/aromatic N) is 2. The molecule has 0 amide bonds. The molecule has 1 atom stereocenters. The Hall–Kier alpha value is -3.26. The van der Waals surface area contributed by atoms with Crippen LogP contribution in [0, 0.1) is 13.8 Å². The molecule has 2 heteroatoms. The Kier molecular flexibility index (Phi) is 5.77. The Balaban J connectivity index is 0.000000218. The van der Waals surface area contributed by atoms with E-state index in [9.17, 15) is 0 Å². The van der Waals surface area contributed by atoms with Crippen LogP contribution in [0.25, 0.3) is 22.5 Å². The lowest BCUT2D eigenvalue weighted by Gasteiger charge is -2.11. The van der Waals surface area contributed by atoms with Gasteiger partial charge in [-0.2, -0.15) is 0 Å². The third-order valence-electron chi connectivity index (χ3n) is 5.83. The number of pyridine rings is 2. The largest absolute Gasteiger partial charge is 0.215 e. The van der Waals surface area contributed by atoms with Crippen molar-refractivity contribution in [3.8, 4) is 22.5 Å². The number of rotatable bonds is 4. The quantitative estimate of drug-likeness (QED) is 0.311. The minimum absolute atomic E-state index is 0.516. The maximum atomic E-state index is 8.40. The maximum Gasteiger partial charge on any atom is 0.215 e. The summed E-state index contributed by atoms with van der Waals surface area (Å²) in [6, 6.07) is 23.2. The van der Waals surface area contributed by atoms with Crippen molar-refractivity contribution in [2.75, 3.05) is 0 Å². The number of hydrogen-bond donors (Lipinski definition) is 0. The van der Waals surface area contributed by atoms with E-state index in [-0.39, 0.29) is 0 Å². The zero-order chi connectivity index (χ0) is 29.2. The molecule has 2 heterocycles. The fourth-order valence-electron chi connectivity index (χ4n) is 4.08. The smallest absolute Gasteiger partial charge is 0.201 e. The number of hydrogen-bond acceptors (Lipinski definition) is 0. The lowest BCUT2D eigenvalue weighted by atomic mass is 9.94. The van der Waals surface area contributed by atoms with Crippen LogP contribution < -0.4 is 9.13 Å². The van der Waals surface area contributed by atoms with Crippen LogP contribution >= 0.6 is 0 Å². The molecule has 0 aliphatic carbocycles. The summed E-state index contributed by atoms with van der Waals surface area (Å²) in [5, 5.41) is 0. The van der Waals surface area contributed by atoms with E-state index < -0.39 is 19.1 Å². The molecule has 4 rings (SSSR count). The summed E-state index contributed by atoms with van der Waals surface area (Å²) < 4.78 is 51.3. The van der Waals surface area contributed by atoms with Gasteiger partial charge < -0.3 is 0 Å². The van der Waals surface area contributed by atoms with Crippen molar-refractivity contribution < 1.29 is 17.4 Å². The fourth-order valence-corrected chi connectivity index (χ4v) is 4.08. The van der Waals surface area contributed by atoms with Gasteiger partial charge in [0.1, 0.15) is 14.1 Å². The van der Waals surface area contributed by atoms with Gasteiger partial charge in [0.2, 0.25) is 11.4 Å². The summed E-state index contributed by atoms with van der Waals surface area (Å²) in [7, 11) is 3.83. The highest BCUT2D eigenvalue weighted by molar-refractivity contribution is 5.65. The zero-order valence-corrected chi connectivity index (χ0v) is 20.5. The Bertz CT molecular complexity index is 1450. The summed E-state index contributed by atoms with van der Waals surface area (Å²) in [5.74, 6) is -1.66. The Morgan fingerprint density at radius 1 is 0.788 bits per heavy atom. The van der Waals surface area contributed by atoms with E-state index in [1.54, 1.807) is 19.1 Å². The van der Waals surface area contributed by atoms with E-state index in [0.29, 0.717) is 5.56 Å². The molecule has 0 saturated carbocycles. The number of benzene rings is 2. The third kappa shape index (κ3) is 5.57. The van der Waals surface area contributed by atoms with Gasteiger partial charge in [0.15, 0.2) is 12.4 Å². The highest BCUT2D eigenvalue weighted by Crippen LogP contribution is 2.28. The highest BCUT2D eigenvalue weighted by atomic mass is 14.9. The van der Waals surface area contributed by atoms with E-state index in [2.05, 4.69) is 13.0 Å². The molecular formula is C31H38N2+2. The first-order valence-electron chi connectivity index (χ1n) is 14.2. The first-order valence-corrected chi connectivity index (χ1v) is 11.2. The van der Waals surface area contributed by atoms with Gasteiger partial charge in [-0.05, 0) is 61.5 Å². The molecular weight excluding hydrogens is 400 g/mol. The fraction of sp³-hybridized carbons (Fsp3) is 0.290. The van der Waals surface area contributed by atoms with Gasteiger partial charge in [-0.25, -0.2) is 9.13 Å². The minimum Gasteiger partial charge on any atom is -0.201 e. The van der Waals surface area contributed by atoms with Gasteiger partial charge in [-0.1, -0.05) is 57.1 Å². The molecule has 0 radical (unpaired) electrons. The maximum absolute atomic E-state index is 8.40. The number of aryl methyl sites for hydroxylation is 5. The van der Waals surface area contributed by atoms with Crippen molar-refractivity contribution in [3.63, 3.8) is 0 Å². The Labute approximate surface area is 208 Å². The lowest BCUT2D eigenvalue weighted by molar-refractivity contribution is -0.660. The van der Waals surface area contributed by atoms with Gasteiger partial charge in [0, 0.05) is 42.6 Å². The predicted octanol–water partition coefficient (Wildman–Crippen LogP) is 6.66. The van der Waals surface area contributed by atoms with Crippen LogP contribution in [0.5, 0.6) is 0 Å². The minimum atomic E-state index is -2.39. The predicted molar refractivity (Wildman–Crippen MR) is 139 cm³/mol. The lowest BCUT2D eigenvalue weighted by Crippen LogP contribution is -2.32. The standard InChI is InChI=1S/C16H20N.C15H18N/c1-12(2)14-10-7-11-17(4)16(14)15-9-6-5-8-13(15)3;1-4-13-9-7-11-16(3)15(13)14-10-6-5-8-12(14)2/h5-12H,1-4H3;5-11H,4H2,1-3H3/q2*+1/i1D3,12D;4D2. The first-order chi connectivity index (χ1) is 18.1. The Morgan fingerprint density at radius 3 is 1.85 bits per heavy atom. The average molecular weight is 445 g/mol. The molecule has 2 nitrogen and oxygen atoms in total. The molecule has 0 spiro atoms. The SMILES string of the molecule is [2H]C([2H])(C)c1ccc[n+](C)c1-c1ccccc1C.[2H]C([2H])([2H])C([2H])(C)c1ccc[n+](C)c1-c1ccccc1C. The van der Waals surface area contributed by atoms with E-state index in [0.717, 1.165) is 39.2 Å². The molecule has 0 N–H and O–H groups in total. The second-order valence-corrected chi connectivity index (χ2v) is 8.27. The van der Waals surface area contributed by atoms with Crippen LogP contribution in [-0.2, 0) is 20.5 Å². The topological polar surface area (TPSA) is 7.76 Å².